The van der Waals surface area contributed by atoms with E-state index in [1.807, 2.05) is 32.0 Å². The van der Waals surface area contributed by atoms with E-state index in [-0.39, 0.29) is 42.7 Å². The number of unbranched alkanes of at least 4 members (excludes halogenated alkanes) is 1. The molecule has 1 aromatic rings. The van der Waals surface area contributed by atoms with Gasteiger partial charge in [-0.15, -0.1) is 24.8 Å². The maximum absolute atomic E-state index is 11.7. The summed E-state index contributed by atoms with van der Waals surface area (Å²) in [6.45, 7) is 5.43. The van der Waals surface area contributed by atoms with Gasteiger partial charge in [-0.3, -0.25) is 4.79 Å². The van der Waals surface area contributed by atoms with E-state index in [0.29, 0.717) is 0 Å². The van der Waals surface area contributed by atoms with Crippen LogP contribution in [0.2, 0.25) is 0 Å². The average Bonchev–Trinajstić information content (AvgIpc) is 2.46. The maximum atomic E-state index is 11.7. The monoisotopic (exact) mass is 349 g/mol. The van der Waals surface area contributed by atoms with Gasteiger partial charge in [0.1, 0.15) is 0 Å². The number of hydrogen-bond donors (Lipinski definition) is 2. The fourth-order valence-corrected chi connectivity index (χ4v) is 1.90. The number of amides is 1. The van der Waals surface area contributed by atoms with E-state index in [4.69, 9.17) is 5.73 Å². The molecule has 1 rings (SSSR count). The van der Waals surface area contributed by atoms with Crippen LogP contribution in [0.3, 0.4) is 0 Å². The second kappa shape index (κ2) is 12.6. The lowest BCUT2D eigenvalue weighted by atomic mass is 10.0. The molecule has 22 heavy (non-hydrogen) atoms. The van der Waals surface area contributed by atoms with Crippen molar-refractivity contribution >= 4 is 36.4 Å². The normalized spacial score (nSPS) is 12.4. The molecule has 6 heteroatoms. The minimum Gasteiger partial charge on any atom is -0.375 e. The highest BCUT2D eigenvalue weighted by Crippen LogP contribution is 2.11. The molecule has 0 radical (unpaired) electrons. The maximum Gasteiger partial charge on any atom is 0.224 e. The van der Waals surface area contributed by atoms with Gasteiger partial charge in [0.2, 0.25) is 5.91 Å². The molecule has 0 heterocycles. The van der Waals surface area contributed by atoms with Crippen molar-refractivity contribution in [2.24, 2.45) is 11.7 Å². The Morgan fingerprint density at radius 1 is 1.18 bits per heavy atom. The van der Waals surface area contributed by atoms with Crippen LogP contribution < -0.4 is 16.0 Å². The number of halogens is 2. The molecular weight excluding hydrogens is 321 g/mol. The van der Waals surface area contributed by atoms with Gasteiger partial charge in [0.05, 0.1) is 0 Å². The first-order chi connectivity index (χ1) is 9.52. The number of hydrogen-bond acceptors (Lipinski definition) is 3. The predicted molar refractivity (Wildman–Crippen MR) is 99.3 cm³/mol. The van der Waals surface area contributed by atoms with Crippen molar-refractivity contribution in [1.82, 2.24) is 5.32 Å². The van der Waals surface area contributed by atoms with Crippen LogP contribution in [-0.2, 0) is 4.79 Å². The Hall–Kier alpha value is -0.970. The van der Waals surface area contributed by atoms with Crippen molar-refractivity contribution in [3.05, 3.63) is 30.3 Å². The molecule has 0 spiro atoms. The number of anilines is 1. The zero-order valence-electron chi connectivity index (χ0n) is 13.6. The van der Waals surface area contributed by atoms with Gasteiger partial charge in [0.25, 0.3) is 0 Å². The van der Waals surface area contributed by atoms with E-state index in [2.05, 4.69) is 29.4 Å². The number of carbonyl (C=O) groups excluding carboxylic acids is 1. The Kier molecular flexibility index (Phi) is 13.3. The van der Waals surface area contributed by atoms with Gasteiger partial charge in [-0.25, -0.2) is 0 Å². The second-order valence-corrected chi connectivity index (χ2v) is 5.40. The molecule has 0 fully saturated rings. The number of benzene rings is 1. The smallest absolute Gasteiger partial charge is 0.224 e. The fourth-order valence-electron chi connectivity index (χ4n) is 1.90. The summed E-state index contributed by atoms with van der Waals surface area (Å²) in [6.07, 6.45) is 2.03. The van der Waals surface area contributed by atoms with Crippen molar-refractivity contribution in [2.45, 2.75) is 32.7 Å². The van der Waals surface area contributed by atoms with E-state index in [1.54, 1.807) is 0 Å². The molecular formula is C16H29Cl2N3O. The fraction of sp³-hybridized carbons (Fsp3) is 0.562. The first kappa shape index (κ1) is 23.3. The van der Waals surface area contributed by atoms with Crippen molar-refractivity contribution in [1.29, 1.82) is 0 Å². The lowest BCUT2D eigenvalue weighted by molar-refractivity contribution is -0.124. The average molecular weight is 350 g/mol. The number of nitrogens with one attached hydrogen (secondary N) is 1. The molecule has 1 amide bonds. The summed E-state index contributed by atoms with van der Waals surface area (Å²) < 4.78 is 0. The SMILES string of the molecule is CC(N)C(C)C(=O)NCCCCN(C)c1ccccc1.Cl.Cl. The van der Waals surface area contributed by atoms with E-state index < -0.39 is 0 Å². The van der Waals surface area contributed by atoms with Gasteiger partial charge in [-0.05, 0) is 31.9 Å². The molecule has 3 N–H and O–H groups in total. The van der Waals surface area contributed by atoms with Crippen LogP contribution in [-0.4, -0.2) is 32.1 Å². The van der Waals surface area contributed by atoms with Gasteiger partial charge in [-0.1, -0.05) is 25.1 Å². The quantitative estimate of drug-likeness (QED) is 0.709. The zero-order valence-corrected chi connectivity index (χ0v) is 15.3. The van der Waals surface area contributed by atoms with Gasteiger partial charge < -0.3 is 16.0 Å². The van der Waals surface area contributed by atoms with Crippen LogP contribution in [0.15, 0.2) is 30.3 Å². The van der Waals surface area contributed by atoms with Crippen LogP contribution in [0.1, 0.15) is 26.7 Å². The summed E-state index contributed by atoms with van der Waals surface area (Å²) in [5.74, 6) is -0.0709. The van der Waals surface area contributed by atoms with Crippen LogP contribution in [0.4, 0.5) is 5.69 Å². The lowest BCUT2D eigenvalue weighted by Crippen LogP contribution is -2.39. The molecule has 1 aromatic carbocycles. The molecule has 0 aliphatic carbocycles. The number of nitrogens with two attached hydrogens (primary N) is 1. The highest BCUT2D eigenvalue weighted by molar-refractivity contribution is 5.85. The Balaban J connectivity index is 0. The van der Waals surface area contributed by atoms with Crippen molar-refractivity contribution in [3.63, 3.8) is 0 Å². The van der Waals surface area contributed by atoms with E-state index in [9.17, 15) is 4.79 Å². The summed E-state index contributed by atoms with van der Waals surface area (Å²) in [4.78, 5) is 13.9. The Labute approximate surface area is 146 Å². The minimum atomic E-state index is -0.123. The third kappa shape index (κ3) is 8.47. The summed E-state index contributed by atoms with van der Waals surface area (Å²) >= 11 is 0. The Morgan fingerprint density at radius 2 is 1.77 bits per heavy atom. The Morgan fingerprint density at radius 3 is 2.32 bits per heavy atom. The van der Waals surface area contributed by atoms with E-state index in [0.717, 1.165) is 25.9 Å². The van der Waals surface area contributed by atoms with Gasteiger partial charge in [0, 0.05) is 37.8 Å². The second-order valence-electron chi connectivity index (χ2n) is 5.40. The third-order valence-corrected chi connectivity index (χ3v) is 3.62. The molecule has 0 aliphatic heterocycles. The van der Waals surface area contributed by atoms with Crippen molar-refractivity contribution in [3.8, 4) is 0 Å². The largest absolute Gasteiger partial charge is 0.375 e. The first-order valence-electron chi connectivity index (χ1n) is 7.32. The molecule has 2 atom stereocenters. The standard InChI is InChI=1S/C16H27N3O.2ClH/c1-13(14(2)17)16(20)18-11-7-8-12-19(3)15-9-5-4-6-10-15;;/h4-6,9-10,13-14H,7-8,11-12,17H2,1-3H3,(H,18,20);2*1H. The molecule has 2 unspecified atom stereocenters. The van der Waals surface area contributed by atoms with Gasteiger partial charge >= 0.3 is 0 Å². The summed E-state index contributed by atoms with van der Waals surface area (Å²) in [5, 5.41) is 2.94. The summed E-state index contributed by atoms with van der Waals surface area (Å²) in [5.41, 5.74) is 6.93. The highest BCUT2D eigenvalue weighted by Gasteiger charge is 2.15. The number of para-hydroxylation sites is 1. The van der Waals surface area contributed by atoms with Crippen LogP contribution in [0.5, 0.6) is 0 Å². The van der Waals surface area contributed by atoms with E-state index >= 15 is 0 Å². The van der Waals surface area contributed by atoms with Crippen LogP contribution in [0, 0.1) is 5.92 Å². The highest BCUT2D eigenvalue weighted by atomic mass is 35.5. The topological polar surface area (TPSA) is 58.4 Å². The predicted octanol–water partition coefficient (Wildman–Crippen LogP) is 2.85. The number of nitrogens with zero attached hydrogens (tertiary/aromatic N) is 1. The van der Waals surface area contributed by atoms with E-state index in [1.165, 1.54) is 5.69 Å². The first-order valence-corrected chi connectivity index (χ1v) is 7.32. The molecule has 4 nitrogen and oxygen atoms in total. The van der Waals surface area contributed by atoms with Gasteiger partial charge in [-0.2, -0.15) is 0 Å². The van der Waals surface area contributed by atoms with Gasteiger partial charge in [0.15, 0.2) is 0 Å². The molecule has 128 valence electrons. The van der Waals surface area contributed by atoms with Crippen molar-refractivity contribution < 1.29 is 4.79 Å². The summed E-state index contributed by atoms with van der Waals surface area (Å²) in [7, 11) is 2.09. The molecule has 0 aromatic heterocycles. The molecule has 0 saturated heterocycles. The minimum absolute atomic E-state index is 0. The van der Waals surface area contributed by atoms with Crippen molar-refractivity contribution in [2.75, 3.05) is 25.0 Å². The van der Waals surface area contributed by atoms with Crippen LogP contribution >= 0.6 is 24.8 Å². The number of rotatable bonds is 8. The molecule has 0 aliphatic rings. The summed E-state index contributed by atoms with van der Waals surface area (Å²) in [6, 6.07) is 10.2. The lowest BCUT2D eigenvalue weighted by Gasteiger charge is -2.19. The van der Waals surface area contributed by atoms with Crippen LogP contribution in [0.25, 0.3) is 0 Å². The molecule has 0 bridgehead atoms. The Bertz CT molecular complexity index is 402. The number of carbonyl (C=O) groups is 1. The third-order valence-electron chi connectivity index (χ3n) is 3.62. The zero-order chi connectivity index (χ0) is 15.0. The molecule has 0 saturated carbocycles.